The number of rotatable bonds is 6. The molecule has 1 saturated carbocycles. The Morgan fingerprint density at radius 2 is 2.15 bits per heavy atom. The van der Waals surface area contributed by atoms with Gasteiger partial charge in [-0.25, -0.2) is 24.0 Å². The number of hydrogen-bond acceptors (Lipinski definition) is 6. The summed E-state index contributed by atoms with van der Waals surface area (Å²) in [6, 6.07) is 2.11. The predicted molar refractivity (Wildman–Crippen MR) is 129 cm³/mol. The molecule has 1 amide bonds. The van der Waals surface area contributed by atoms with E-state index >= 15 is 0 Å². The van der Waals surface area contributed by atoms with Crippen LogP contribution < -0.4 is 5.32 Å². The third kappa shape index (κ3) is 4.69. The second-order valence-electron chi connectivity index (χ2n) is 9.09. The minimum atomic E-state index is -0.414. The highest BCUT2D eigenvalue weighted by Crippen LogP contribution is 2.34. The first-order valence-electron chi connectivity index (χ1n) is 11.4. The first-order valence-corrected chi connectivity index (χ1v) is 12.6. The number of nitrogens with one attached hydrogen (secondary N) is 1. The number of pyridine rings is 1. The Bertz CT molecular complexity index is 1330. The topological polar surface area (TPSA) is 90.5 Å². The van der Waals surface area contributed by atoms with E-state index in [9.17, 15) is 9.18 Å². The molecule has 1 fully saturated rings. The van der Waals surface area contributed by atoms with Crippen LogP contribution >= 0.6 is 22.9 Å². The van der Waals surface area contributed by atoms with E-state index in [2.05, 4.69) is 38.8 Å². The van der Waals surface area contributed by atoms with Crippen molar-refractivity contribution in [1.82, 2.24) is 34.6 Å². The Kier molecular flexibility index (Phi) is 6.35. The minimum absolute atomic E-state index is 0.0276. The van der Waals surface area contributed by atoms with Crippen LogP contribution in [0.5, 0.6) is 0 Å². The summed E-state index contributed by atoms with van der Waals surface area (Å²) in [5.74, 6) is 1.36. The van der Waals surface area contributed by atoms with E-state index in [1.807, 2.05) is 6.07 Å². The Morgan fingerprint density at radius 1 is 1.29 bits per heavy atom. The number of amides is 1. The molecule has 2 unspecified atom stereocenters. The standard InChI is InChI=1S/C23H25ClFN7OS/c1-13(2)6-21-30-17-10-26-20(31-12-14(25)9-28-31)8-18(17)32(21)16-5-3-4-15(7-16)29-22(33)23-27-11-19(24)34-23/h8-13,15-16H,3-7H2,1-2H3,(H,29,33). The molecule has 0 aliphatic heterocycles. The summed E-state index contributed by atoms with van der Waals surface area (Å²) in [6.07, 6.45) is 10.2. The summed E-state index contributed by atoms with van der Waals surface area (Å²) < 4.78 is 17.8. The fraction of sp³-hybridized carbons (Fsp3) is 0.435. The fourth-order valence-corrected chi connectivity index (χ4v) is 5.46. The van der Waals surface area contributed by atoms with Gasteiger partial charge in [0.05, 0.1) is 30.3 Å². The molecule has 34 heavy (non-hydrogen) atoms. The summed E-state index contributed by atoms with van der Waals surface area (Å²) in [5.41, 5.74) is 1.75. The van der Waals surface area contributed by atoms with Crippen molar-refractivity contribution in [1.29, 1.82) is 0 Å². The number of fused-ring (bicyclic) bond motifs is 1. The van der Waals surface area contributed by atoms with Gasteiger partial charge in [-0.3, -0.25) is 4.79 Å². The number of carbonyl (C=O) groups is 1. The maximum Gasteiger partial charge on any atom is 0.280 e. The van der Waals surface area contributed by atoms with Crippen molar-refractivity contribution in [3.05, 3.63) is 51.8 Å². The third-order valence-corrected chi connectivity index (χ3v) is 7.14. The Labute approximate surface area is 205 Å². The molecule has 1 aliphatic rings. The lowest BCUT2D eigenvalue weighted by Crippen LogP contribution is -2.39. The summed E-state index contributed by atoms with van der Waals surface area (Å²) in [7, 11) is 0. The van der Waals surface area contributed by atoms with Gasteiger partial charge in [-0.1, -0.05) is 36.8 Å². The van der Waals surface area contributed by atoms with Crippen LogP contribution in [-0.4, -0.2) is 41.2 Å². The average molecular weight is 502 g/mol. The minimum Gasteiger partial charge on any atom is -0.347 e. The Hall–Kier alpha value is -2.85. The number of halogens is 2. The van der Waals surface area contributed by atoms with E-state index in [0.29, 0.717) is 21.1 Å². The van der Waals surface area contributed by atoms with Crippen molar-refractivity contribution in [3.8, 4) is 5.82 Å². The molecule has 0 bridgehead atoms. The van der Waals surface area contributed by atoms with Crippen molar-refractivity contribution in [2.45, 2.75) is 58.0 Å². The van der Waals surface area contributed by atoms with E-state index in [4.69, 9.17) is 16.6 Å². The molecule has 11 heteroatoms. The molecule has 4 aromatic heterocycles. The average Bonchev–Trinajstić information content (AvgIpc) is 3.51. The predicted octanol–water partition coefficient (Wildman–Crippen LogP) is 4.98. The number of thiazole rings is 1. The molecule has 2 atom stereocenters. The maximum absolute atomic E-state index is 13.5. The number of nitrogens with zero attached hydrogens (tertiary/aromatic N) is 6. The smallest absolute Gasteiger partial charge is 0.280 e. The highest BCUT2D eigenvalue weighted by atomic mass is 35.5. The molecule has 4 aromatic rings. The van der Waals surface area contributed by atoms with Gasteiger partial charge in [0.2, 0.25) is 0 Å². The molecule has 0 aromatic carbocycles. The number of carbonyl (C=O) groups excluding carboxylic acids is 1. The van der Waals surface area contributed by atoms with Gasteiger partial charge in [0, 0.05) is 24.6 Å². The van der Waals surface area contributed by atoms with E-state index < -0.39 is 5.82 Å². The van der Waals surface area contributed by atoms with E-state index in [1.165, 1.54) is 28.4 Å². The Balaban J connectivity index is 1.46. The Morgan fingerprint density at radius 3 is 2.85 bits per heavy atom. The van der Waals surface area contributed by atoms with Crippen LogP contribution in [0.15, 0.2) is 30.9 Å². The molecule has 8 nitrogen and oxygen atoms in total. The summed E-state index contributed by atoms with van der Waals surface area (Å²) in [6.45, 7) is 4.34. The monoisotopic (exact) mass is 501 g/mol. The molecule has 0 radical (unpaired) electrons. The van der Waals surface area contributed by atoms with Crippen LogP contribution in [0.3, 0.4) is 0 Å². The van der Waals surface area contributed by atoms with E-state index in [-0.39, 0.29) is 18.0 Å². The molecule has 5 rings (SSSR count). The largest absolute Gasteiger partial charge is 0.347 e. The van der Waals surface area contributed by atoms with Gasteiger partial charge >= 0.3 is 0 Å². The number of imidazole rings is 1. The zero-order valence-electron chi connectivity index (χ0n) is 18.9. The van der Waals surface area contributed by atoms with Crippen molar-refractivity contribution in [3.63, 3.8) is 0 Å². The fourth-order valence-electron chi connectivity index (χ4n) is 4.64. The van der Waals surface area contributed by atoms with Crippen LogP contribution in [0.25, 0.3) is 16.9 Å². The molecule has 0 saturated heterocycles. The maximum atomic E-state index is 13.5. The van der Waals surface area contributed by atoms with Crippen molar-refractivity contribution >= 4 is 39.9 Å². The second kappa shape index (κ2) is 9.42. The van der Waals surface area contributed by atoms with E-state index in [0.717, 1.165) is 55.2 Å². The molecular weight excluding hydrogens is 477 g/mol. The van der Waals surface area contributed by atoms with Crippen LogP contribution in [0.2, 0.25) is 4.34 Å². The zero-order valence-corrected chi connectivity index (χ0v) is 20.5. The zero-order chi connectivity index (χ0) is 23.8. The summed E-state index contributed by atoms with van der Waals surface area (Å²) in [5, 5.41) is 7.57. The van der Waals surface area contributed by atoms with Gasteiger partial charge in [0.1, 0.15) is 15.7 Å². The first kappa shape index (κ1) is 22.9. The number of hydrogen-bond donors (Lipinski definition) is 1. The lowest BCUT2D eigenvalue weighted by atomic mass is 9.90. The van der Waals surface area contributed by atoms with Crippen LogP contribution in [0.1, 0.15) is 61.2 Å². The lowest BCUT2D eigenvalue weighted by Gasteiger charge is -2.32. The number of aromatic nitrogens is 6. The third-order valence-electron chi connectivity index (χ3n) is 6.03. The van der Waals surface area contributed by atoms with Gasteiger partial charge in [-0.05, 0) is 31.6 Å². The van der Waals surface area contributed by atoms with Gasteiger partial charge in [-0.2, -0.15) is 5.10 Å². The van der Waals surface area contributed by atoms with Gasteiger partial charge < -0.3 is 9.88 Å². The van der Waals surface area contributed by atoms with Gasteiger partial charge in [0.15, 0.2) is 16.6 Å². The first-order chi connectivity index (χ1) is 16.4. The van der Waals surface area contributed by atoms with Gasteiger partial charge in [-0.15, -0.1) is 0 Å². The second-order valence-corrected chi connectivity index (χ2v) is 10.8. The summed E-state index contributed by atoms with van der Waals surface area (Å²) in [4.78, 5) is 26.1. The van der Waals surface area contributed by atoms with Gasteiger partial charge in [0.25, 0.3) is 5.91 Å². The molecule has 1 aliphatic carbocycles. The van der Waals surface area contributed by atoms with Crippen LogP contribution in [-0.2, 0) is 6.42 Å². The van der Waals surface area contributed by atoms with Crippen LogP contribution in [0.4, 0.5) is 4.39 Å². The lowest BCUT2D eigenvalue weighted by molar-refractivity contribution is 0.0920. The van der Waals surface area contributed by atoms with Crippen molar-refractivity contribution in [2.24, 2.45) is 5.92 Å². The van der Waals surface area contributed by atoms with E-state index in [1.54, 1.807) is 6.20 Å². The highest BCUT2D eigenvalue weighted by molar-refractivity contribution is 7.17. The SMILES string of the molecule is CC(C)Cc1nc2cnc(-n3cc(F)cn3)cc2n1C1CCCC(NC(=O)c2ncc(Cl)s2)C1. The molecule has 1 N–H and O–H groups in total. The molecule has 0 spiro atoms. The normalized spacial score (nSPS) is 18.6. The molecule has 178 valence electrons. The summed E-state index contributed by atoms with van der Waals surface area (Å²) >= 11 is 7.12. The van der Waals surface area contributed by atoms with Crippen molar-refractivity contribution in [2.75, 3.05) is 0 Å². The molecule has 4 heterocycles. The quantitative estimate of drug-likeness (QED) is 0.402. The molecular formula is C23H25ClFN7OS. The van der Waals surface area contributed by atoms with Crippen molar-refractivity contribution < 1.29 is 9.18 Å². The highest BCUT2D eigenvalue weighted by Gasteiger charge is 2.29. The van der Waals surface area contributed by atoms with Crippen LogP contribution in [0, 0.1) is 11.7 Å².